The first-order valence-corrected chi connectivity index (χ1v) is 5.06. The molecule has 1 fully saturated rings. The van der Waals surface area contributed by atoms with Crippen LogP contribution in [0.4, 0.5) is 0 Å². The van der Waals surface area contributed by atoms with Crippen LogP contribution in [0.15, 0.2) is 0 Å². The highest BCUT2D eigenvalue weighted by molar-refractivity contribution is 4.89. The molecule has 0 bridgehead atoms. The summed E-state index contributed by atoms with van der Waals surface area (Å²) in [5.74, 6) is 0. The molecule has 0 aromatic carbocycles. The van der Waals surface area contributed by atoms with Gasteiger partial charge in [0, 0.05) is 6.54 Å². The molecular formula is C10H21NO2. The van der Waals surface area contributed by atoms with Crippen LogP contribution in [0.1, 0.15) is 27.2 Å². The Kier molecular flexibility index (Phi) is 3.71. The molecule has 0 radical (unpaired) electrons. The van der Waals surface area contributed by atoms with E-state index < -0.39 is 0 Å². The number of aliphatic hydroxyl groups excluding tert-OH is 1. The molecule has 0 spiro atoms. The molecule has 1 heterocycles. The third kappa shape index (κ3) is 2.66. The third-order valence-corrected chi connectivity index (χ3v) is 2.60. The molecule has 3 heteroatoms. The Morgan fingerprint density at radius 3 is 2.46 bits per heavy atom. The van der Waals surface area contributed by atoms with Crippen molar-refractivity contribution in [2.45, 2.75) is 51.5 Å². The van der Waals surface area contributed by atoms with Gasteiger partial charge in [0.05, 0.1) is 24.4 Å². The van der Waals surface area contributed by atoms with E-state index in [0.717, 1.165) is 13.0 Å². The van der Waals surface area contributed by atoms with E-state index in [2.05, 4.69) is 4.90 Å². The molecular weight excluding hydrogens is 166 g/mol. The van der Waals surface area contributed by atoms with Crippen LogP contribution in [0.25, 0.3) is 0 Å². The summed E-state index contributed by atoms with van der Waals surface area (Å²) in [4.78, 5) is 2.18. The monoisotopic (exact) mass is 187 g/mol. The second-order valence-electron chi connectivity index (χ2n) is 4.22. The van der Waals surface area contributed by atoms with Gasteiger partial charge in [-0.05, 0) is 34.2 Å². The summed E-state index contributed by atoms with van der Waals surface area (Å²) in [7, 11) is 2.04. The topological polar surface area (TPSA) is 32.7 Å². The molecule has 1 saturated heterocycles. The fourth-order valence-corrected chi connectivity index (χ4v) is 2.11. The lowest BCUT2D eigenvalue weighted by Crippen LogP contribution is -2.43. The maximum atomic E-state index is 9.58. The molecule has 3 atom stereocenters. The molecule has 0 unspecified atom stereocenters. The van der Waals surface area contributed by atoms with Crippen molar-refractivity contribution in [3.05, 3.63) is 0 Å². The van der Waals surface area contributed by atoms with E-state index in [1.807, 2.05) is 27.8 Å². The van der Waals surface area contributed by atoms with Gasteiger partial charge in [-0.25, -0.2) is 0 Å². The summed E-state index contributed by atoms with van der Waals surface area (Å²) >= 11 is 0. The van der Waals surface area contributed by atoms with Gasteiger partial charge in [-0.2, -0.15) is 0 Å². The summed E-state index contributed by atoms with van der Waals surface area (Å²) in [6.07, 6.45) is 1.17. The lowest BCUT2D eigenvalue weighted by molar-refractivity contribution is -0.0408. The van der Waals surface area contributed by atoms with Crippen LogP contribution in [0, 0.1) is 0 Å². The molecule has 3 nitrogen and oxygen atoms in total. The van der Waals surface area contributed by atoms with Gasteiger partial charge in [-0.15, -0.1) is 0 Å². The van der Waals surface area contributed by atoms with Crippen molar-refractivity contribution in [1.82, 2.24) is 4.90 Å². The van der Waals surface area contributed by atoms with Crippen molar-refractivity contribution in [3.8, 4) is 0 Å². The van der Waals surface area contributed by atoms with Crippen LogP contribution in [-0.4, -0.2) is 48.0 Å². The minimum atomic E-state index is -0.309. The highest BCUT2D eigenvalue weighted by atomic mass is 16.5. The average Bonchev–Trinajstić information content (AvgIpc) is 2.30. The van der Waals surface area contributed by atoms with Crippen LogP contribution < -0.4 is 0 Å². The first-order chi connectivity index (χ1) is 6.02. The molecule has 1 N–H and O–H groups in total. The molecule has 0 aromatic rings. The van der Waals surface area contributed by atoms with Crippen molar-refractivity contribution in [2.75, 3.05) is 13.6 Å². The largest absolute Gasteiger partial charge is 0.392 e. The number of likely N-dealkylation sites (tertiary alicyclic amines) is 1. The third-order valence-electron chi connectivity index (χ3n) is 2.60. The van der Waals surface area contributed by atoms with Crippen molar-refractivity contribution in [2.24, 2.45) is 0 Å². The summed E-state index contributed by atoms with van der Waals surface area (Å²) in [6, 6.07) is 0.169. The predicted octanol–water partition coefficient (Wildman–Crippen LogP) is 0.865. The van der Waals surface area contributed by atoms with Crippen LogP contribution in [-0.2, 0) is 4.74 Å². The molecule has 1 rings (SSSR count). The van der Waals surface area contributed by atoms with E-state index >= 15 is 0 Å². The molecule has 0 aliphatic carbocycles. The molecule has 0 saturated carbocycles. The van der Waals surface area contributed by atoms with Gasteiger partial charge in [0.15, 0.2) is 0 Å². The van der Waals surface area contributed by atoms with Gasteiger partial charge in [-0.1, -0.05) is 0 Å². The van der Waals surface area contributed by atoms with E-state index in [1.54, 1.807) is 0 Å². The van der Waals surface area contributed by atoms with Gasteiger partial charge in [0.25, 0.3) is 0 Å². The molecule has 78 valence electrons. The Bertz CT molecular complexity index is 159. The number of rotatable bonds is 3. The van der Waals surface area contributed by atoms with Crippen molar-refractivity contribution >= 4 is 0 Å². The van der Waals surface area contributed by atoms with E-state index in [9.17, 15) is 5.11 Å². The molecule has 0 amide bonds. The molecule has 1 aliphatic heterocycles. The zero-order valence-corrected chi connectivity index (χ0v) is 9.03. The quantitative estimate of drug-likeness (QED) is 0.711. The van der Waals surface area contributed by atoms with Crippen molar-refractivity contribution < 1.29 is 9.84 Å². The Morgan fingerprint density at radius 2 is 2.00 bits per heavy atom. The van der Waals surface area contributed by atoms with Crippen LogP contribution >= 0.6 is 0 Å². The minimum absolute atomic E-state index is 0.169. The Hall–Kier alpha value is -0.120. The number of hydrogen-bond acceptors (Lipinski definition) is 3. The highest BCUT2D eigenvalue weighted by Gasteiger charge is 2.36. The average molecular weight is 187 g/mol. The maximum absolute atomic E-state index is 9.58. The second-order valence-corrected chi connectivity index (χ2v) is 4.22. The number of ether oxygens (including phenoxy) is 1. The standard InChI is InChI=1S/C10H21NO2/c1-7(2)13-9-5-6-11(4)10(9)8(3)12/h7-10,12H,5-6H2,1-4H3/t8-,9-,10+/m0/s1. The van der Waals surface area contributed by atoms with Crippen LogP contribution in [0.5, 0.6) is 0 Å². The lowest BCUT2D eigenvalue weighted by atomic mass is 10.1. The first-order valence-electron chi connectivity index (χ1n) is 5.06. The molecule has 13 heavy (non-hydrogen) atoms. The molecule has 1 aliphatic rings. The fourth-order valence-electron chi connectivity index (χ4n) is 2.11. The van der Waals surface area contributed by atoms with Gasteiger partial charge < -0.3 is 9.84 Å². The number of hydrogen-bond donors (Lipinski definition) is 1. The maximum Gasteiger partial charge on any atom is 0.0770 e. The van der Waals surface area contributed by atoms with Gasteiger partial charge in [0.2, 0.25) is 0 Å². The lowest BCUT2D eigenvalue weighted by Gasteiger charge is -2.28. The Morgan fingerprint density at radius 1 is 1.38 bits per heavy atom. The van der Waals surface area contributed by atoms with Gasteiger partial charge in [-0.3, -0.25) is 4.90 Å². The number of aliphatic hydroxyl groups is 1. The summed E-state index contributed by atoms with van der Waals surface area (Å²) in [5.41, 5.74) is 0. The van der Waals surface area contributed by atoms with Gasteiger partial charge >= 0.3 is 0 Å². The normalized spacial score (nSPS) is 32.8. The van der Waals surface area contributed by atoms with Crippen molar-refractivity contribution in [1.29, 1.82) is 0 Å². The number of likely N-dealkylation sites (N-methyl/N-ethyl adjacent to an activating group) is 1. The van der Waals surface area contributed by atoms with Crippen LogP contribution in [0.2, 0.25) is 0 Å². The second kappa shape index (κ2) is 4.40. The highest BCUT2D eigenvalue weighted by Crippen LogP contribution is 2.22. The summed E-state index contributed by atoms with van der Waals surface area (Å²) < 4.78 is 5.75. The van der Waals surface area contributed by atoms with Gasteiger partial charge in [0.1, 0.15) is 0 Å². The van der Waals surface area contributed by atoms with E-state index in [1.165, 1.54) is 0 Å². The van der Waals surface area contributed by atoms with Crippen LogP contribution in [0.3, 0.4) is 0 Å². The van der Waals surface area contributed by atoms with E-state index in [4.69, 9.17) is 4.74 Å². The van der Waals surface area contributed by atoms with E-state index in [-0.39, 0.29) is 24.4 Å². The number of nitrogens with zero attached hydrogens (tertiary/aromatic N) is 1. The van der Waals surface area contributed by atoms with E-state index in [0.29, 0.717) is 0 Å². The predicted molar refractivity (Wildman–Crippen MR) is 52.7 cm³/mol. The smallest absolute Gasteiger partial charge is 0.0770 e. The molecule has 0 aromatic heterocycles. The first kappa shape index (κ1) is 11.0. The van der Waals surface area contributed by atoms with Crippen molar-refractivity contribution in [3.63, 3.8) is 0 Å². The fraction of sp³-hybridized carbons (Fsp3) is 1.00. The zero-order chi connectivity index (χ0) is 10.0. The minimum Gasteiger partial charge on any atom is -0.392 e. The summed E-state index contributed by atoms with van der Waals surface area (Å²) in [6.45, 7) is 6.94. The zero-order valence-electron chi connectivity index (χ0n) is 9.03. The SMILES string of the molecule is CC(C)O[C@H]1CCN(C)[C@@H]1[C@H](C)O. The Labute approximate surface area is 80.7 Å². The Balaban J connectivity index is 2.54. The summed E-state index contributed by atoms with van der Waals surface area (Å²) in [5, 5.41) is 9.58.